The molecule has 1 aromatic heterocycles. The van der Waals surface area contributed by atoms with Crippen LogP contribution in [0.3, 0.4) is 0 Å². The Balaban J connectivity index is 1.47. The fourth-order valence-electron chi connectivity index (χ4n) is 5.19. The molecule has 1 saturated heterocycles. The lowest BCUT2D eigenvalue weighted by Gasteiger charge is -2.41. The molecule has 0 radical (unpaired) electrons. The van der Waals surface area contributed by atoms with Crippen LogP contribution in [0.1, 0.15) is 71.8 Å². The Morgan fingerprint density at radius 2 is 1.97 bits per heavy atom. The number of pyridine rings is 1. The summed E-state index contributed by atoms with van der Waals surface area (Å²) in [6.45, 7) is 6.65. The van der Waals surface area contributed by atoms with Gasteiger partial charge in [0.05, 0.1) is 11.6 Å². The van der Waals surface area contributed by atoms with Gasteiger partial charge >= 0.3 is 0 Å². The Hall–Kier alpha value is -3.38. The number of nitrogens with zero attached hydrogens (tertiary/aromatic N) is 4. The number of nitrogens with one attached hydrogen (secondary N) is 1. The summed E-state index contributed by atoms with van der Waals surface area (Å²) in [6.07, 6.45) is 2.65. The third-order valence-corrected chi connectivity index (χ3v) is 7.25. The first kappa shape index (κ1) is 25.7. The van der Waals surface area contributed by atoms with E-state index in [2.05, 4.69) is 28.2 Å². The number of carbonyl (C=O) groups excluding carboxylic acids is 2. The Morgan fingerprint density at radius 1 is 1.22 bits per heavy atom. The molecule has 1 aliphatic carbocycles. The largest absolute Gasteiger partial charge is 0.337 e. The quantitative estimate of drug-likeness (QED) is 0.629. The number of piperazine rings is 1. The molecule has 2 heterocycles. The fraction of sp³-hybridized carbons (Fsp3) is 0.481. The van der Waals surface area contributed by atoms with E-state index < -0.39 is 18.0 Å². The molecule has 1 N–H and O–H groups in total. The van der Waals surface area contributed by atoms with Crippen LogP contribution in [0.5, 0.6) is 0 Å². The molecular formula is C27H31F2N5O2. The average Bonchev–Trinajstić information content (AvgIpc) is 3.41. The standard InChI is InChI=1S/C27H31F2N5O2/c1-17-15-33(9-10-34(17)27(36)20-5-3-4-6-20)16-22-11-19(14-30)12-23(18(22)2)32-26(35)21-7-8-31-24(13-21)25(28)29/h7-8,11-13,17,20,25H,3-6,9-10,15-16H2,1-2H3,(H,32,35). The fourth-order valence-corrected chi connectivity index (χ4v) is 5.19. The summed E-state index contributed by atoms with van der Waals surface area (Å²) in [5, 5.41) is 12.3. The van der Waals surface area contributed by atoms with E-state index in [-0.39, 0.29) is 23.4 Å². The summed E-state index contributed by atoms with van der Waals surface area (Å²) in [5.41, 5.74) is 2.17. The SMILES string of the molecule is Cc1c(CN2CCN(C(=O)C3CCCC3)C(C)C2)cc(C#N)cc1NC(=O)c1ccnc(C(F)F)c1. The molecule has 2 aromatic rings. The van der Waals surface area contributed by atoms with Gasteiger partial charge in [0.25, 0.3) is 12.3 Å². The van der Waals surface area contributed by atoms with Crippen LogP contribution >= 0.6 is 0 Å². The molecule has 190 valence electrons. The van der Waals surface area contributed by atoms with Crippen molar-refractivity contribution in [2.24, 2.45) is 5.92 Å². The van der Waals surface area contributed by atoms with Gasteiger partial charge in [0.2, 0.25) is 5.91 Å². The number of benzene rings is 1. The van der Waals surface area contributed by atoms with Crippen molar-refractivity contribution in [2.75, 3.05) is 25.0 Å². The van der Waals surface area contributed by atoms with Gasteiger partial charge in [-0.3, -0.25) is 19.5 Å². The number of amides is 2. The van der Waals surface area contributed by atoms with E-state index in [1.165, 1.54) is 12.3 Å². The predicted molar refractivity (Wildman–Crippen MR) is 131 cm³/mol. The first-order chi connectivity index (χ1) is 17.3. The van der Waals surface area contributed by atoms with E-state index in [0.29, 0.717) is 24.3 Å². The van der Waals surface area contributed by atoms with Crippen molar-refractivity contribution in [3.05, 3.63) is 58.4 Å². The lowest BCUT2D eigenvalue weighted by Crippen LogP contribution is -2.54. The zero-order valence-electron chi connectivity index (χ0n) is 20.6. The Kier molecular flexibility index (Phi) is 7.94. The minimum Gasteiger partial charge on any atom is -0.337 e. The maximum absolute atomic E-state index is 13.0. The number of halogens is 2. The average molecular weight is 496 g/mol. The lowest BCUT2D eigenvalue weighted by atomic mass is 10.0. The third-order valence-electron chi connectivity index (χ3n) is 7.25. The van der Waals surface area contributed by atoms with Crippen LogP contribution in [0.25, 0.3) is 0 Å². The zero-order chi connectivity index (χ0) is 25.8. The Morgan fingerprint density at radius 3 is 2.64 bits per heavy atom. The van der Waals surface area contributed by atoms with Gasteiger partial charge in [-0.2, -0.15) is 5.26 Å². The molecule has 36 heavy (non-hydrogen) atoms. The minimum atomic E-state index is -2.77. The van der Waals surface area contributed by atoms with Crippen molar-refractivity contribution in [3.8, 4) is 6.07 Å². The van der Waals surface area contributed by atoms with Crippen LogP contribution in [0, 0.1) is 24.2 Å². The van der Waals surface area contributed by atoms with Gasteiger partial charge in [-0.1, -0.05) is 12.8 Å². The summed E-state index contributed by atoms with van der Waals surface area (Å²) in [6, 6.07) is 8.08. The summed E-state index contributed by atoms with van der Waals surface area (Å²) in [5.74, 6) is -0.105. The number of nitriles is 1. The number of hydrogen-bond acceptors (Lipinski definition) is 5. The molecule has 2 amide bonds. The number of alkyl halides is 2. The van der Waals surface area contributed by atoms with Crippen molar-refractivity contribution in [2.45, 2.75) is 58.5 Å². The van der Waals surface area contributed by atoms with E-state index in [1.807, 2.05) is 17.9 Å². The highest BCUT2D eigenvalue weighted by Crippen LogP contribution is 2.29. The van der Waals surface area contributed by atoms with E-state index in [9.17, 15) is 23.6 Å². The van der Waals surface area contributed by atoms with Gasteiger partial charge in [0.1, 0.15) is 5.69 Å². The Bertz CT molecular complexity index is 1170. The molecule has 9 heteroatoms. The second-order valence-corrected chi connectivity index (χ2v) is 9.74. The molecule has 7 nitrogen and oxygen atoms in total. The van der Waals surface area contributed by atoms with Gasteiger partial charge in [0, 0.05) is 55.6 Å². The van der Waals surface area contributed by atoms with Gasteiger partial charge < -0.3 is 10.2 Å². The monoisotopic (exact) mass is 495 g/mol. The first-order valence-electron chi connectivity index (χ1n) is 12.4. The molecule has 4 rings (SSSR count). The number of aromatic nitrogens is 1. The zero-order valence-corrected chi connectivity index (χ0v) is 20.6. The summed E-state index contributed by atoms with van der Waals surface area (Å²) >= 11 is 0. The van der Waals surface area contributed by atoms with Crippen molar-refractivity contribution >= 4 is 17.5 Å². The highest BCUT2D eigenvalue weighted by atomic mass is 19.3. The summed E-state index contributed by atoms with van der Waals surface area (Å²) < 4.78 is 26.0. The van der Waals surface area contributed by atoms with Crippen LogP contribution in [0.15, 0.2) is 30.5 Å². The number of anilines is 1. The highest BCUT2D eigenvalue weighted by Gasteiger charge is 2.33. The van der Waals surface area contributed by atoms with Crippen LogP contribution in [0.4, 0.5) is 14.5 Å². The van der Waals surface area contributed by atoms with E-state index in [4.69, 9.17) is 0 Å². The van der Waals surface area contributed by atoms with Crippen molar-refractivity contribution in [1.82, 2.24) is 14.8 Å². The van der Waals surface area contributed by atoms with Gasteiger partial charge in [0.15, 0.2) is 0 Å². The van der Waals surface area contributed by atoms with E-state index >= 15 is 0 Å². The Labute approximate surface area is 210 Å². The van der Waals surface area contributed by atoms with E-state index in [1.54, 1.807) is 6.07 Å². The second kappa shape index (κ2) is 11.1. The molecule has 0 bridgehead atoms. The lowest BCUT2D eigenvalue weighted by molar-refractivity contribution is -0.140. The number of carbonyl (C=O) groups is 2. The molecular weight excluding hydrogens is 464 g/mol. The molecule has 1 aliphatic heterocycles. The van der Waals surface area contributed by atoms with Crippen molar-refractivity contribution < 1.29 is 18.4 Å². The third kappa shape index (κ3) is 5.71. The van der Waals surface area contributed by atoms with Crippen LogP contribution in [-0.4, -0.2) is 52.3 Å². The van der Waals surface area contributed by atoms with Crippen LogP contribution in [-0.2, 0) is 11.3 Å². The minimum absolute atomic E-state index is 0.0699. The van der Waals surface area contributed by atoms with Gasteiger partial charge in [-0.15, -0.1) is 0 Å². The van der Waals surface area contributed by atoms with Gasteiger partial charge in [-0.05, 0) is 62.1 Å². The predicted octanol–water partition coefficient (Wildman–Crippen LogP) is 4.67. The highest BCUT2D eigenvalue weighted by molar-refractivity contribution is 6.04. The molecule has 1 unspecified atom stereocenters. The molecule has 2 aliphatic rings. The number of rotatable bonds is 6. The first-order valence-corrected chi connectivity index (χ1v) is 12.4. The maximum atomic E-state index is 13.0. The summed E-state index contributed by atoms with van der Waals surface area (Å²) in [7, 11) is 0. The molecule has 2 fully saturated rings. The van der Waals surface area contributed by atoms with Crippen LogP contribution in [0.2, 0.25) is 0 Å². The molecule has 1 saturated carbocycles. The second-order valence-electron chi connectivity index (χ2n) is 9.74. The summed E-state index contributed by atoms with van der Waals surface area (Å²) in [4.78, 5) is 33.6. The molecule has 1 aromatic carbocycles. The van der Waals surface area contributed by atoms with Crippen molar-refractivity contribution in [3.63, 3.8) is 0 Å². The smallest absolute Gasteiger partial charge is 0.280 e. The van der Waals surface area contributed by atoms with Gasteiger partial charge in [-0.25, -0.2) is 8.78 Å². The van der Waals surface area contributed by atoms with E-state index in [0.717, 1.165) is 56.0 Å². The van der Waals surface area contributed by atoms with Crippen molar-refractivity contribution in [1.29, 1.82) is 5.26 Å². The molecule has 1 atom stereocenters. The molecule has 0 spiro atoms. The van der Waals surface area contributed by atoms with Crippen LogP contribution < -0.4 is 5.32 Å². The maximum Gasteiger partial charge on any atom is 0.280 e. The number of hydrogen-bond donors (Lipinski definition) is 1. The topological polar surface area (TPSA) is 89.3 Å². The normalized spacial score (nSPS) is 18.9.